The number of nitrogens with one attached hydrogen (secondary N) is 1. The van der Waals surface area contributed by atoms with E-state index in [4.69, 9.17) is 0 Å². The molecule has 2 N–H and O–H groups in total. The summed E-state index contributed by atoms with van der Waals surface area (Å²) in [5.41, 5.74) is 4.18. The van der Waals surface area contributed by atoms with Crippen LogP contribution >= 0.6 is 0 Å². The standard InChI is InChI=1S/C16H26N2O/c1-12-6-5-7-15(13(12)2)18-8-14(9-19)17-10-16(3,4)11-18/h5-7,14,17,19H,8-11H2,1-4H3. The van der Waals surface area contributed by atoms with Gasteiger partial charge in [-0.25, -0.2) is 0 Å². The van der Waals surface area contributed by atoms with Gasteiger partial charge < -0.3 is 15.3 Å². The Labute approximate surface area is 116 Å². The van der Waals surface area contributed by atoms with Gasteiger partial charge in [0.1, 0.15) is 0 Å². The molecule has 2 rings (SSSR count). The Hall–Kier alpha value is -1.06. The fourth-order valence-corrected chi connectivity index (χ4v) is 2.77. The Morgan fingerprint density at radius 1 is 1.37 bits per heavy atom. The van der Waals surface area contributed by atoms with Crippen LogP contribution in [0.25, 0.3) is 0 Å². The van der Waals surface area contributed by atoms with Gasteiger partial charge in [0.15, 0.2) is 0 Å². The van der Waals surface area contributed by atoms with Crippen LogP contribution in [0.5, 0.6) is 0 Å². The lowest BCUT2D eigenvalue weighted by Gasteiger charge is -2.32. The average molecular weight is 262 g/mol. The van der Waals surface area contributed by atoms with Crippen molar-refractivity contribution in [2.45, 2.75) is 33.7 Å². The Kier molecular flexibility index (Phi) is 4.16. The molecule has 1 saturated heterocycles. The molecule has 3 heteroatoms. The van der Waals surface area contributed by atoms with Gasteiger partial charge >= 0.3 is 0 Å². The highest BCUT2D eigenvalue weighted by molar-refractivity contribution is 5.56. The SMILES string of the molecule is Cc1cccc(N2CC(CO)NCC(C)(C)C2)c1C. The third kappa shape index (κ3) is 3.28. The minimum absolute atomic E-state index is 0.154. The van der Waals surface area contributed by atoms with Gasteiger partial charge in [-0.3, -0.25) is 0 Å². The fraction of sp³-hybridized carbons (Fsp3) is 0.625. The summed E-state index contributed by atoms with van der Waals surface area (Å²) in [5.74, 6) is 0. The lowest BCUT2D eigenvalue weighted by atomic mass is 9.92. The van der Waals surface area contributed by atoms with Gasteiger partial charge in [-0.15, -0.1) is 0 Å². The predicted octanol–water partition coefficient (Wildman–Crippen LogP) is 2.10. The van der Waals surface area contributed by atoms with E-state index in [9.17, 15) is 5.11 Å². The molecule has 3 nitrogen and oxygen atoms in total. The second kappa shape index (κ2) is 5.51. The first kappa shape index (κ1) is 14.4. The van der Waals surface area contributed by atoms with Crippen LogP contribution in [0.2, 0.25) is 0 Å². The first-order chi connectivity index (χ1) is 8.93. The molecule has 1 aromatic rings. The first-order valence-corrected chi connectivity index (χ1v) is 7.08. The van der Waals surface area contributed by atoms with Crippen LogP contribution in [0.1, 0.15) is 25.0 Å². The van der Waals surface area contributed by atoms with E-state index in [0.29, 0.717) is 0 Å². The summed E-state index contributed by atoms with van der Waals surface area (Å²) in [7, 11) is 0. The monoisotopic (exact) mass is 262 g/mol. The molecule has 1 atom stereocenters. The number of aliphatic hydroxyl groups is 1. The van der Waals surface area contributed by atoms with E-state index in [1.54, 1.807) is 0 Å². The number of hydrogen-bond acceptors (Lipinski definition) is 3. The van der Waals surface area contributed by atoms with Crippen molar-refractivity contribution in [1.29, 1.82) is 0 Å². The van der Waals surface area contributed by atoms with Gasteiger partial charge in [0, 0.05) is 31.4 Å². The van der Waals surface area contributed by atoms with Crippen LogP contribution < -0.4 is 10.2 Å². The molecule has 0 saturated carbocycles. The smallest absolute Gasteiger partial charge is 0.0601 e. The number of aliphatic hydroxyl groups excluding tert-OH is 1. The lowest BCUT2D eigenvalue weighted by molar-refractivity contribution is 0.242. The second-order valence-corrected chi connectivity index (χ2v) is 6.52. The molecule has 0 radical (unpaired) electrons. The highest BCUT2D eigenvalue weighted by Crippen LogP contribution is 2.28. The number of hydrogen-bond donors (Lipinski definition) is 2. The summed E-state index contributed by atoms with van der Waals surface area (Å²) in [5, 5.41) is 12.9. The van der Waals surface area contributed by atoms with Crippen LogP contribution in [0.15, 0.2) is 18.2 Å². The number of benzene rings is 1. The van der Waals surface area contributed by atoms with E-state index in [2.05, 4.69) is 56.1 Å². The molecule has 1 unspecified atom stereocenters. The van der Waals surface area contributed by atoms with Gasteiger partial charge in [0.25, 0.3) is 0 Å². The van der Waals surface area contributed by atoms with Gasteiger partial charge in [0.2, 0.25) is 0 Å². The molecular formula is C16H26N2O. The number of aryl methyl sites for hydroxylation is 1. The number of nitrogens with zero attached hydrogens (tertiary/aromatic N) is 1. The lowest BCUT2D eigenvalue weighted by Crippen LogP contribution is -2.40. The summed E-state index contributed by atoms with van der Waals surface area (Å²) < 4.78 is 0. The molecule has 106 valence electrons. The topological polar surface area (TPSA) is 35.5 Å². The Morgan fingerprint density at radius 3 is 2.79 bits per heavy atom. The molecule has 19 heavy (non-hydrogen) atoms. The Balaban J connectivity index is 2.32. The summed E-state index contributed by atoms with van der Waals surface area (Å²) in [6.45, 7) is 11.9. The zero-order valence-corrected chi connectivity index (χ0v) is 12.5. The fourth-order valence-electron chi connectivity index (χ4n) is 2.77. The average Bonchev–Trinajstić information content (AvgIpc) is 2.51. The van der Waals surface area contributed by atoms with Crippen LogP contribution in [0.3, 0.4) is 0 Å². The van der Waals surface area contributed by atoms with Crippen molar-refractivity contribution in [3.05, 3.63) is 29.3 Å². The molecule has 0 aromatic heterocycles. The normalized spacial score (nSPS) is 23.2. The van der Waals surface area contributed by atoms with E-state index in [0.717, 1.165) is 19.6 Å². The summed E-state index contributed by atoms with van der Waals surface area (Å²) in [4.78, 5) is 2.42. The van der Waals surface area contributed by atoms with Crippen molar-refractivity contribution in [2.24, 2.45) is 5.41 Å². The second-order valence-electron chi connectivity index (χ2n) is 6.52. The zero-order valence-electron chi connectivity index (χ0n) is 12.5. The summed E-state index contributed by atoms with van der Waals surface area (Å²) in [6, 6.07) is 6.63. The molecule has 1 heterocycles. The van der Waals surface area contributed by atoms with E-state index >= 15 is 0 Å². The van der Waals surface area contributed by atoms with Gasteiger partial charge in [-0.2, -0.15) is 0 Å². The molecule has 0 amide bonds. The van der Waals surface area contributed by atoms with E-state index in [1.807, 2.05) is 0 Å². The van der Waals surface area contributed by atoms with Crippen LogP contribution in [-0.2, 0) is 0 Å². The molecule has 1 aromatic carbocycles. The summed E-state index contributed by atoms with van der Waals surface area (Å²) in [6.07, 6.45) is 0. The number of rotatable bonds is 2. The quantitative estimate of drug-likeness (QED) is 0.857. The minimum Gasteiger partial charge on any atom is -0.395 e. The predicted molar refractivity (Wildman–Crippen MR) is 80.8 cm³/mol. The maximum atomic E-state index is 9.49. The maximum Gasteiger partial charge on any atom is 0.0601 e. The zero-order chi connectivity index (χ0) is 14.0. The van der Waals surface area contributed by atoms with Gasteiger partial charge in [-0.1, -0.05) is 26.0 Å². The molecule has 0 aliphatic carbocycles. The molecule has 1 fully saturated rings. The Morgan fingerprint density at radius 2 is 2.11 bits per heavy atom. The van der Waals surface area contributed by atoms with E-state index in [1.165, 1.54) is 16.8 Å². The van der Waals surface area contributed by atoms with Crippen LogP contribution in [-0.4, -0.2) is 37.4 Å². The summed E-state index contributed by atoms with van der Waals surface area (Å²) >= 11 is 0. The largest absolute Gasteiger partial charge is 0.395 e. The third-order valence-electron chi connectivity index (χ3n) is 4.07. The van der Waals surface area contributed by atoms with Crippen molar-refractivity contribution in [2.75, 3.05) is 31.1 Å². The van der Waals surface area contributed by atoms with Crippen LogP contribution in [0, 0.1) is 19.3 Å². The Bertz CT molecular complexity index is 442. The van der Waals surface area contributed by atoms with Crippen molar-refractivity contribution >= 4 is 5.69 Å². The van der Waals surface area contributed by atoms with Gasteiger partial charge in [0.05, 0.1) is 6.61 Å². The molecule has 0 spiro atoms. The highest BCUT2D eigenvalue weighted by atomic mass is 16.3. The van der Waals surface area contributed by atoms with Gasteiger partial charge in [-0.05, 0) is 36.5 Å². The van der Waals surface area contributed by atoms with Crippen molar-refractivity contribution in [3.63, 3.8) is 0 Å². The number of anilines is 1. The molecule has 1 aliphatic heterocycles. The van der Waals surface area contributed by atoms with E-state index in [-0.39, 0.29) is 18.1 Å². The highest BCUT2D eigenvalue weighted by Gasteiger charge is 2.29. The van der Waals surface area contributed by atoms with Crippen molar-refractivity contribution in [3.8, 4) is 0 Å². The molecular weight excluding hydrogens is 236 g/mol. The molecule has 1 aliphatic rings. The third-order valence-corrected chi connectivity index (χ3v) is 4.07. The van der Waals surface area contributed by atoms with E-state index < -0.39 is 0 Å². The molecule has 0 bridgehead atoms. The first-order valence-electron chi connectivity index (χ1n) is 7.08. The van der Waals surface area contributed by atoms with Crippen molar-refractivity contribution < 1.29 is 5.11 Å². The van der Waals surface area contributed by atoms with Crippen molar-refractivity contribution in [1.82, 2.24) is 5.32 Å². The maximum absolute atomic E-state index is 9.49. The van der Waals surface area contributed by atoms with Crippen LogP contribution in [0.4, 0.5) is 5.69 Å². The minimum atomic E-state index is 0.154.